The minimum Gasteiger partial charge on any atom is -0.469 e. The van der Waals surface area contributed by atoms with Crippen molar-refractivity contribution in [3.8, 4) is 6.07 Å². The predicted octanol–water partition coefficient (Wildman–Crippen LogP) is 1.88. The van der Waals surface area contributed by atoms with E-state index in [1.807, 2.05) is 0 Å². The number of rotatable bonds is 3. The van der Waals surface area contributed by atoms with Gasteiger partial charge in [-0.25, -0.2) is 0 Å². The fourth-order valence-corrected chi connectivity index (χ4v) is 2.52. The van der Waals surface area contributed by atoms with E-state index in [1.165, 1.54) is 7.11 Å². The molecule has 5 nitrogen and oxygen atoms in total. The van der Waals surface area contributed by atoms with Crippen molar-refractivity contribution in [2.75, 3.05) is 18.6 Å². The summed E-state index contributed by atoms with van der Waals surface area (Å²) in [4.78, 5) is 17.7. The van der Waals surface area contributed by atoms with Gasteiger partial charge in [0.05, 0.1) is 31.0 Å². The lowest BCUT2D eigenvalue weighted by Crippen LogP contribution is -2.41. The topological polar surface area (TPSA) is 66.2 Å². The van der Waals surface area contributed by atoms with Crippen molar-refractivity contribution < 1.29 is 9.53 Å². The van der Waals surface area contributed by atoms with Crippen LogP contribution in [0.25, 0.3) is 0 Å². The van der Waals surface area contributed by atoms with Gasteiger partial charge in [0.25, 0.3) is 0 Å². The van der Waals surface area contributed by atoms with Crippen molar-refractivity contribution in [1.29, 1.82) is 5.26 Å². The maximum atomic E-state index is 11.5. The Hall–Kier alpha value is -2.09. The first-order valence-electron chi connectivity index (χ1n) is 6.44. The molecule has 0 amide bonds. The van der Waals surface area contributed by atoms with Crippen molar-refractivity contribution in [2.45, 2.75) is 31.7 Å². The number of hydrogen-bond acceptors (Lipinski definition) is 5. The lowest BCUT2D eigenvalue weighted by Gasteiger charge is -2.37. The van der Waals surface area contributed by atoms with E-state index in [9.17, 15) is 4.79 Å². The second-order valence-corrected chi connectivity index (χ2v) is 4.63. The van der Waals surface area contributed by atoms with Crippen molar-refractivity contribution in [3.63, 3.8) is 0 Å². The smallest absolute Gasteiger partial charge is 0.307 e. The van der Waals surface area contributed by atoms with Crippen LogP contribution >= 0.6 is 0 Å². The molecule has 5 heteroatoms. The number of anilines is 1. The Morgan fingerprint density at radius 2 is 2.47 bits per heavy atom. The third-order valence-electron chi connectivity index (χ3n) is 3.49. The fourth-order valence-electron chi connectivity index (χ4n) is 2.52. The minimum atomic E-state index is -0.209. The summed E-state index contributed by atoms with van der Waals surface area (Å²) in [5, 5.41) is 9.17. The van der Waals surface area contributed by atoms with Gasteiger partial charge in [-0.2, -0.15) is 5.26 Å². The molecule has 2 rings (SSSR count). The average molecular weight is 259 g/mol. The van der Waals surface area contributed by atoms with Gasteiger partial charge in [0.1, 0.15) is 6.07 Å². The van der Waals surface area contributed by atoms with E-state index >= 15 is 0 Å². The maximum absolute atomic E-state index is 11.5. The van der Waals surface area contributed by atoms with Crippen LogP contribution in [0.3, 0.4) is 0 Å². The Morgan fingerprint density at radius 3 is 3.21 bits per heavy atom. The maximum Gasteiger partial charge on any atom is 0.307 e. The standard InChI is InChI=1S/C14H17N3O2/c1-19-14(18)8-12-4-2-3-7-17(12)13-10-16-6-5-11(13)9-15/h5-6,10,12H,2-4,7-8H2,1H3. The van der Waals surface area contributed by atoms with Crippen LogP contribution in [0.4, 0.5) is 5.69 Å². The van der Waals surface area contributed by atoms with Crippen molar-refractivity contribution >= 4 is 11.7 Å². The van der Waals surface area contributed by atoms with Crippen LogP contribution in [0.2, 0.25) is 0 Å². The van der Waals surface area contributed by atoms with E-state index in [1.54, 1.807) is 18.5 Å². The Balaban J connectivity index is 2.24. The van der Waals surface area contributed by atoms with E-state index in [0.717, 1.165) is 31.5 Å². The number of ether oxygens (including phenoxy) is 1. The molecular formula is C14H17N3O2. The summed E-state index contributed by atoms with van der Waals surface area (Å²) in [6.45, 7) is 0.849. The van der Waals surface area contributed by atoms with Crippen molar-refractivity contribution in [1.82, 2.24) is 4.98 Å². The number of nitrogens with zero attached hydrogens (tertiary/aromatic N) is 3. The van der Waals surface area contributed by atoms with Crippen molar-refractivity contribution in [3.05, 3.63) is 24.0 Å². The first-order chi connectivity index (χ1) is 9.26. The molecule has 0 aromatic carbocycles. The average Bonchev–Trinajstić information content (AvgIpc) is 2.47. The normalized spacial score (nSPS) is 18.7. The molecule has 1 fully saturated rings. The van der Waals surface area contributed by atoms with Crippen molar-refractivity contribution in [2.24, 2.45) is 0 Å². The molecular weight excluding hydrogens is 242 g/mol. The van der Waals surface area contributed by atoms with Crippen LogP contribution in [-0.4, -0.2) is 30.6 Å². The molecule has 1 aliphatic heterocycles. The molecule has 1 unspecified atom stereocenters. The number of carbonyl (C=O) groups is 1. The highest BCUT2D eigenvalue weighted by atomic mass is 16.5. The monoisotopic (exact) mass is 259 g/mol. The lowest BCUT2D eigenvalue weighted by atomic mass is 9.98. The molecule has 0 N–H and O–H groups in total. The van der Waals surface area contributed by atoms with E-state index in [-0.39, 0.29) is 12.0 Å². The predicted molar refractivity (Wildman–Crippen MR) is 70.6 cm³/mol. The van der Waals surface area contributed by atoms with Gasteiger partial charge in [-0.3, -0.25) is 9.78 Å². The molecule has 19 heavy (non-hydrogen) atoms. The summed E-state index contributed by atoms with van der Waals surface area (Å²) in [6, 6.07) is 3.99. The Labute approximate surface area is 112 Å². The summed E-state index contributed by atoms with van der Waals surface area (Å²) in [5.41, 5.74) is 1.42. The zero-order chi connectivity index (χ0) is 13.7. The number of hydrogen-bond donors (Lipinski definition) is 0. The van der Waals surface area contributed by atoms with Gasteiger partial charge in [0.2, 0.25) is 0 Å². The highest BCUT2D eigenvalue weighted by Crippen LogP contribution is 2.28. The molecule has 0 saturated carbocycles. The van der Waals surface area contributed by atoms with Gasteiger partial charge in [-0.15, -0.1) is 0 Å². The second kappa shape index (κ2) is 6.19. The number of piperidine rings is 1. The van der Waals surface area contributed by atoms with Gasteiger partial charge >= 0.3 is 5.97 Å². The third-order valence-corrected chi connectivity index (χ3v) is 3.49. The third kappa shape index (κ3) is 3.02. The molecule has 1 saturated heterocycles. The zero-order valence-electron chi connectivity index (χ0n) is 11.0. The molecule has 100 valence electrons. The molecule has 0 bridgehead atoms. The summed E-state index contributed by atoms with van der Waals surface area (Å²) >= 11 is 0. The van der Waals surface area contributed by atoms with Gasteiger partial charge < -0.3 is 9.64 Å². The molecule has 0 radical (unpaired) electrons. The Morgan fingerprint density at radius 1 is 1.63 bits per heavy atom. The van der Waals surface area contributed by atoms with Crippen LogP contribution in [0.1, 0.15) is 31.2 Å². The molecule has 2 heterocycles. The number of methoxy groups -OCH3 is 1. The van der Waals surface area contributed by atoms with Crippen LogP contribution < -0.4 is 4.90 Å². The largest absolute Gasteiger partial charge is 0.469 e. The van der Waals surface area contributed by atoms with Gasteiger partial charge in [0.15, 0.2) is 0 Å². The summed E-state index contributed by atoms with van der Waals surface area (Å²) in [5.74, 6) is -0.209. The van der Waals surface area contributed by atoms with Crippen LogP contribution in [-0.2, 0) is 9.53 Å². The first-order valence-corrected chi connectivity index (χ1v) is 6.44. The number of esters is 1. The van der Waals surface area contributed by atoms with E-state index in [2.05, 4.69) is 16.0 Å². The van der Waals surface area contributed by atoms with Crippen LogP contribution in [0, 0.1) is 11.3 Å². The highest BCUT2D eigenvalue weighted by Gasteiger charge is 2.26. The summed E-state index contributed by atoms with van der Waals surface area (Å²) < 4.78 is 4.75. The van der Waals surface area contributed by atoms with Gasteiger partial charge in [-0.05, 0) is 25.3 Å². The first kappa shape index (κ1) is 13.3. The second-order valence-electron chi connectivity index (χ2n) is 4.63. The van der Waals surface area contributed by atoms with E-state index in [0.29, 0.717) is 12.0 Å². The molecule has 1 atom stereocenters. The molecule has 1 aromatic rings. The SMILES string of the molecule is COC(=O)CC1CCCCN1c1cnccc1C#N. The molecule has 1 aliphatic rings. The molecule has 0 aliphatic carbocycles. The summed E-state index contributed by atoms with van der Waals surface area (Å²) in [7, 11) is 1.40. The summed E-state index contributed by atoms with van der Waals surface area (Å²) in [6.07, 6.45) is 6.78. The molecule has 0 spiro atoms. The fraction of sp³-hybridized carbons (Fsp3) is 0.500. The van der Waals surface area contributed by atoms with E-state index < -0.39 is 0 Å². The van der Waals surface area contributed by atoms with Gasteiger partial charge in [0, 0.05) is 18.8 Å². The number of nitriles is 1. The Bertz CT molecular complexity index is 496. The highest BCUT2D eigenvalue weighted by molar-refractivity contribution is 5.71. The van der Waals surface area contributed by atoms with E-state index in [4.69, 9.17) is 10.00 Å². The minimum absolute atomic E-state index is 0.0949. The molecule has 1 aromatic heterocycles. The zero-order valence-corrected chi connectivity index (χ0v) is 11.0. The lowest BCUT2D eigenvalue weighted by molar-refractivity contribution is -0.141. The quantitative estimate of drug-likeness (QED) is 0.775. The number of carbonyl (C=O) groups excluding carboxylic acids is 1. The number of pyridine rings is 1. The Kier molecular flexibility index (Phi) is 4.35. The van der Waals surface area contributed by atoms with Crippen LogP contribution in [0.5, 0.6) is 0 Å². The van der Waals surface area contributed by atoms with Gasteiger partial charge in [-0.1, -0.05) is 0 Å². The number of aromatic nitrogens is 1. The van der Waals surface area contributed by atoms with Crippen LogP contribution in [0.15, 0.2) is 18.5 Å².